The van der Waals surface area contributed by atoms with Gasteiger partial charge in [-0.2, -0.15) is 4.98 Å². The van der Waals surface area contributed by atoms with E-state index in [4.69, 9.17) is 21.1 Å². The Kier molecular flexibility index (Phi) is 4.35. The van der Waals surface area contributed by atoms with Crippen LogP contribution in [0.25, 0.3) is 0 Å². The zero-order valence-electron chi connectivity index (χ0n) is 10.0. The number of hydrogen-bond donors (Lipinski definition) is 0. The molecular formula is C11H7BrClN3O4. The van der Waals surface area contributed by atoms with E-state index in [1.165, 1.54) is 25.4 Å². The standard InChI is InChI=1S/C11H7BrClN3O4/c1-19-6-2-3-9(8(4-6)16(17)18)20-10-7(12)5-14-11(13)15-10/h2-5H,1H3. The van der Waals surface area contributed by atoms with Crippen LogP contribution in [0, 0.1) is 10.1 Å². The average Bonchev–Trinajstić information content (AvgIpc) is 2.43. The van der Waals surface area contributed by atoms with Crippen molar-refractivity contribution in [3.05, 3.63) is 44.3 Å². The minimum Gasteiger partial charge on any atom is -0.496 e. The van der Waals surface area contributed by atoms with Crippen LogP contribution in [0.2, 0.25) is 5.28 Å². The van der Waals surface area contributed by atoms with E-state index in [0.29, 0.717) is 10.2 Å². The number of nitrogens with zero attached hydrogens (tertiary/aromatic N) is 3. The molecule has 104 valence electrons. The number of nitro groups is 1. The molecule has 0 fully saturated rings. The molecule has 0 unspecified atom stereocenters. The van der Waals surface area contributed by atoms with Gasteiger partial charge in [0, 0.05) is 6.20 Å². The fraction of sp³-hybridized carbons (Fsp3) is 0.0909. The van der Waals surface area contributed by atoms with Crippen molar-refractivity contribution < 1.29 is 14.4 Å². The number of methoxy groups -OCH3 is 1. The molecule has 0 bridgehead atoms. The first-order chi connectivity index (χ1) is 9.51. The van der Waals surface area contributed by atoms with Gasteiger partial charge in [-0.15, -0.1) is 0 Å². The zero-order valence-corrected chi connectivity index (χ0v) is 12.4. The van der Waals surface area contributed by atoms with E-state index in [1.807, 2.05) is 0 Å². The van der Waals surface area contributed by atoms with E-state index >= 15 is 0 Å². The number of benzene rings is 1. The fourth-order valence-corrected chi connectivity index (χ4v) is 1.76. The lowest BCUT2D eigenvalue weighted by Crippen LogP contribution is -1.97. The summed E-state index contributed by atoms with van der Waals surface area (Å²) in [6.45, 7) is 0. The van der Waals surface area contributed by atoms with E-state index in [-0.39, 0.29) is 22.6 Å². The molecule has 0 aliphatic heterocycles. The molecule has 1 aromatic carbocycles. The molecule has 2 aromatic rings. The first kappa shape index (κ1) is 14.5. The van der Waals surface area contributed by atoms with Crippen molar-refractivity contribution in [1.29, 1.82) is 0 Å². The minimum atomic E-state index is -0.575. The van der Waals surface area contributed by atoms with Crippen molar-refractivity contribution in [3.8, 4) is 17.4 Å². The highest BCUT2D eigenvalue weighted by Gasteiger charge is 2.19. The van der Waals surface area contributed by atoms with Crippen LogP contribution in [0.1, 0.15) is 0 Å². The summed E-state index contributed by atoms with van der Waals surface area (Å²) in [5, 5.41) is 11.0. The van der Waals surface area contributed by atoms with Gasteiger partial charge >= 0.3 is 5.69 Å². The first-order valence-corrected chi connectivity index (χ1v) is 6.36. The molecule has 0 N–H and O–H groups in total. The maximum atomic E-state index is 11.0. The molecular weight excluding hydrogens is 353 g/mol. The van der Waals surface area contributed by atoms with Gasteiger partial charge in [0.05, 0.1) is 22.6 Å². The van der Waals surface area contributed by atoms with E-state index < -0.39 is 4.92 Å². The number of aromatic nitrogens is 2. The van der Waals surface area contributed by atoms with Gasteiger partial charge in [0.15, 0.2) is 0 Å². The Hall–Kier alpha value is -1.93. The van der Waals surface area contributed by atoms with Gasteiger partial charge in [0.1, 0.15) is 5.75 Å². The van der Waals surface area contributed by atoms with Gasteiger partial charge in [0.25, 0.3) is 0 Å². The van der Waals surface area contributed by atoms with Crippen molar-refractivity contribution in [3.63, 3.8) is 0 Å². The van der Waals surface area contributed by atoms with Crippen LogP contribution in [0.4, 0.5) is 5.69 Å². The van der Waals surface area contributed by atoms with Gasteiger partial charge in [-0.05, 0) is 39.7 Å². The topological polar surface area (TPSA) is 87.4 Å². The highest BCUT2D eigenvalue weighted by Crippen LogP contribution is 2.36. The smallest absolute Gasteiger partial charge is 0.315 e. The maximum Gasteiger partial charge on any atom is 0.315 e. The maximum absolute atomic E-state index is 11.0. The molecule has 0 atom stereocenters. The highest BCUT2D eigenvalue weighted by molar-refractivity contribution is 9.10. The first-order valence-electron chi connectivity index (χ1n) is 5.19. The summed E-state index contributed by atoms with van der Waals surface area (Å²) >= 11 is 8.83. The third-order valence-electron chi connectivity index (χ3n) is 2.25. The highest BCUT2D eigenvalue weighted by atomic mass is 79.9. The largest absolute Gasteiger partial charge is 0.496 e. The number of ether oxygens (including phenoxy) is 2. The summed E-state index contributed by atoms with van der Waals surface area (Å²) in [6, 6.07) is 4.21. The Labute approximate surface area is 126 Å². The molecule has 0 saturated heterocycles. The Balaban J connectivity index is 2.42. The third kappa shape index (κ3) is 3.14. The van der Waals surface area contributed by atoms with E-state index in [9.17, 15) is 10.1 Å². The summed E-state index contributed by atoms with van der Waals surface area (Å²) < 4.78 is 10.8. The van der Waals surface area contributed by atoms with E-state index in [1.54, 1.807) is 6.07 Å². The second kappa shape index (κ2) is 6.02. The lowest BCUT2D eigenvalue weighted by Gasteiger charge is -2.08. The Morgan fingerprint density at radius 3 is 2.85 bits per heavy atom. The van der Waals surface area contributed by atoms with Gasteiger partial charge in [-0.1, -0.05) is 0 Å². The fourth-order valence-electron chi connectivity index (χ4n) is 1.36. The summed E-state index contributed by atoms with van der Waals surface area (Å²) in [4.78, 5) is 18.0. The Morgan fingerprint density at radius 1 is 1.45 bits per heavy atom. The molecule has 0 aliphatic rings. The number of hydrogen-bond acceptors (Lipinski definition) is 6. The summed E-state index contributed by atoms with van der Waals surface area (Å²) in [7, 11) is 1.42. The molecule has 9 heteroatoms. The second-order valence-electron chi connectivity index (χ2n) is 3.48. The molecule has 0 saturated carbocycles. The Morgan fingerprint density at radius 2 is 2.20 bits per heavy atom. The van der Waals surface area contributed by atoms with Gasteiger partial charge in [-0.3, -0.25) is 10.1 Å². The third-order valence-corrected chi connectivity index (χ3v) is 2.98. The SMILES string of the molecule is COc1ccc(Oc2nc(Cl)ncc2Br)c([N+](=O)[O-])c1. The molecule has 0 aliphatic carbocycles. The summed E-state index contributed by atoms with van der Waals surface area (Å²) in [5.74, 6) is 0.452. The van der Waals surface area contributed by atoms with E-state index in [0.717, 1.165) is 0 Å². The van der Waals surface area contributed by atoms with Crippen LogP contribution >= 0.6 is 27.5 Å². The molecule has 0 spiro atoms. The van der Waals surface area contributed by atoms with Crippen molar-refractivity contribution in [2.45, 2.75) is 0 Å². The molecule has 1 heterocycles. The minimum absolute atomic E-state index is 0.0197. The molecule has 7 nitrogen and oxygen atoms in total. The zero-order chi connectivity index (χ0) is 14.7. The van der Waals surface area contributed by atoms with Crippen LogP contribution in [0.3, 0.4) is 0 Å². The number of rotatable bonds is 4. The Bertz CT molecular complexity index is 668. The van der Waals surface area contributed by atoms with Crippen LogP contribution < -0.4 is 9.47 Å². The molecule has 0 amide bonds. The molecule has 20 heavy (non-hydrogen) atoms. The monoisotopic (exact) mass is 359 g/mol. The van der Waals surface area contributed by atoms with Gasteiger partial charge in [-0.25, -0.2) is 4.98 Å². The van der Waals surface area contributed by atoms with E-state index in [2.05, 4.69) is 25.9 Å². The van der Waals surface area contributed by atoms with Gasteiger partial charge < -0.3 is 9.47 Å². The van der Waals surface area contributed by atoms with Crippen molar-refractivity contribution in [2.75, 3.05) is 7.11 Å². The van der Waals surface area contributed by atoms with Crippen molar-refractivity contribution in [2.24, 2.45) is 0 Å². The number of nitro benzene ring substituents is 1. The predicted octanol–water partition coefficient (Wildman–Crippen LogP) is 3.60. The molecule has 0 radical (unpaired) electrons. The van der Waals surface area contributed by atoms with Crippen molar-refractivity contribution in [1.82, 2.24) is 9.97 Å². The second-order valence-corrected chi connectivity index (χ2v) is 4.68. The van der Waals surface area contributed by atoms with Gasteiger partial charge in [0.2, 0.25) is 16.9 Å². The lowest BCUT2D eigenvalue weighted by atomic mass is 10.3. The quantitative estimate of drug-likeness (QED) is 0.470. The summed E-state index contributed by atoms with van der Waals surface area (Å²) in [6.07, 6.45) is 1.39. The molecule has 1 aromatic heterocycles. The van der Waals surface area contributed by atoms with Crippen LogP contribution in [0.15, 0.2) is 28.9 Å². The lowest BCUT2D eigenvalue weighted by molar-refractivity contribution is -0.385. The normalized spacial score (nSPS) is 10.2. The van der Waals surface area contributed by atoms with Crippen LogP contribution in [-0.4, -0.2) is 22.0 Å². The number of halogens is 2. The molecule has 2 rings (SSSR count). The van der Waals surface area contributed by atoms with Crippen LogP contribution in [0.5, 0.6) is 17.4 Å². The average molecular weight is 361 g/mol. The van der Waals surface area contributed by atoms with Crippen LogP contribution in [-0.2, 0) is 0 Å². The summed E-state index contributed by atoms with van der Waals surface area (Å²) in [5.41, 5.74) is -0.244. The predicted molar refractivity (Wildman–Crippen MR) is 74.5 cm³/mol. The van der Waals surface area contributed by atoms with Crippen molar-refractivity contribution >= 4 is 33.2 Å².